The van der Waals surface area contributed by atoms with E-state index in [2.05, 4.69) is 0 Å². The van der Waals surface area contributed by atoms with Gasteiger partial charge in [0.15, 0.2) is 0 Å². The van der Waals surface area contributed by atoms with Crippen molar-refractivity contribution in [2.45, 2.75) is 39.3 Å². The molecule has 5 nitrogen and oxygen atoms in total. The number of hydrogen-bond donors (Lipinski definition) is 0. The Bertz CT molecular complexity index is 582. The molecule has 6 heteroatoms. The van der Waals surface area contributed by atoms with Crippen LogP contribution in [0.1, 0.15) is 30.9 Å². The van der Waals surface area contributed by atoms with Crippen molar-refractivity contribution in [2.24, 2.45) is 0 Å². The number of ether oxygens (including phenoxy) is 2. The van der Waals surface area contributed by atoms with Gasteiger partial charge in [0.05, 0.1) is 18.5 Å². The highest BCUT2D eigenvalue weighted by atomic mass is 32.2. The van der Waals surface area contributed by atoms with E-state index in [1.165, 1.54) is 4.31 Å². The number of sulfonamides is 1. The minimum atomic E-state index is -3.31. The molecule has 1 fully saturated rings. The van der Waals surface area contributed by atoms with Crippen LogP contribution in [0.3, 0.4) is 0 Å². The summed E-state index contributed by atoms with van der Waals surface area (Å²) in [7, 11) is -3.31. The first-order chi connectivity index (χ1) is 11.0. The van der Waals surface area contributed by atoms with E-state index in [0.717, 1.165) is 24.0 Å². The summed E-state index contributed by atoms with van der Waals surface area (Å²) < 4.78 is 37.6. The molecule has 0 bridgehead atoms. The Balaban J connectivity index is 1.89. The Morgan fingerprint density at radius 1 is 1.26 bits per heavy atom. The number of rotatable bonds is 8. The lowest BCUT2D eigenvalue weighted by molar-refractivity contribution is -0.0268. The summed E-state index contributed by atoms with van der Waals surface area (Å²) in [6.07, 6.45) is 1.83. The standard InChI is InChI=1S/C17H27NO4S/c1-3-18(14-16-7-5-4-6-15(16)2)23(19,20)13-12-22-17-8-10-21-11-9-17/h4-7,17H,3,8-14H2,1-2H3. The topological polar surface area (TPSA) is 55.8 Å². The Hall–Kier alpha value is -0.950. The van der Waals surface area contributed by atoms with E-state index >= 15 is 0 Å². The highest BCUT2D eigenvalue weighted by Gasteiger charge is 2.22. The van der Waals surface area contributed by atoms with E-state index < -0.39 is 10.0 Å². The molecule has 1 aliphatic heterocycles. The third-order valence-corrected chi connectivity index (χ3v) is 6.07. The van der Waals surface area contributed by atoms with Gasteiger partial charge in [-0.15, -0.1) is 0 Å². The molecule has 0 aliphatic carbocycles. The van der Waals surface area contributed by atoms with Crippen LogP contribution in [-0.4, -0.2) is 50.9 Å². The van der Waals surface area contributed by atoms with Crippen LogP contribution in [-0.2, 0) is 26.0 Å². The van der Waals surface area contributed by atoms with Crippen molar-refractivity contribution in [1.29, 1.82) is 0 Å². The fourth-order valence-electron chi connectivity index (χ4n) is 2.68. The van der Waals surface area contributed by atoms with Crippen LogP contribution in [0.25, 0.3) is 0 Å². The predicted octanol–water partition coefficient (Wildman–Crippen LogP) is 2.34. The zero-order valence-corrected chi connectivity index (χ0v) is 14.8. The van der Waals surface area contributed by atoms with Gasteiger partial charge in [0, 0.05) is 26.3 Å². The third-order valence-electron chi connectivity index (χ3n) is 4.22. The predicted molar refractivity (Wildman–Crippen MR) is 90.8 cm³/mol. The molecule has 1 aromatic rings. The molecule has 0 spiro atoms. The summed E-state index contributed by atoms with van der Waals surface area (Å²) in [6.45, 7) is 6.41. The molecule has 1 saturated heterocycles. The summed E-state index contributed by atoms with van der Waals surface area (Å²) in [5, 5.41) is 0. The van der Waals surface area contributed by atoms with Crippen molar-refractivity contribution in [2.75, 3.05) is 32.1 Å². The largest absolute Gasteiger partial charge is 0.381 e. The van der Waals surface area contributed by atoms with E-state index in [-0.39, 0.29) is 18.5 Å². The normalized spacial score (nSPS) is 16.8. The molecule has 0 atom stereocenters. The van der Waals surface area contributed by atoms with Crippen molar-refractivity contribution >= 4 is 10.0 Å². The molecule has 1 heterocycles. The number of nitrogens with zero attached hydrogens (tertiary/aromatic N) is 1. The Kier molecular flexibility index (Phi) is 7.02. The van der Waals surface area contributed by atoms with Gasteiger partial charge in [-0.1, -0.05) is 31.2 Å². The number of aryl methyl sites for hydroxylation is 1. The highest BCUT2D eigenvalue weighted by Crippen LogP contribution is 2.15. The maximum atomic E-state index is 12.5. The maximum absolute atomic E-state index is 12.5. The molecule has 0 N–H and O–H groups in total. The summed E-state index contributed by atoms with van der Waals surface area (Å²) in [6, 6.07) is 7.89. The Morgan fingerprint density at radius 2 is 1.96 bits per heavy atom. The second-order valence-electron chi connectivity index (χ2n) is 5.85. The van der Waals surface area contributed by atoms with Gasteiger partial charge in [-0.2, -0.15) is 4.31 Å². The molecule has 0 amide bonds. The quantitative estimate of drug-likeness (QED) is 0.728. The van der Waals surface area contributed by atoms with Crippen LogP contribution in [0.5, 0.6) is 0 Å². The maximum Gasteiger partial charge on any atom is 0.216 e. The first-order valence-electron chi connectivity index (χ1n) is 8.24. The summed E-state index contributed by atoms with van der Waals surface area (Å²) >= 11 is 0. The van der Waals surface area contributed by atoms with Crippen molar-refractivity contribution in [3.05, 3.63) is 35.4 Å². The minimum absolute atomic E-state index is 0.0318. The van der Waals surface area contributed by atoms with Gasteiger partial charge in [-0.25, -0.2) is 8.42 Å². The lowest BCUT2D eigenvalue weighted by Crippen LogP contribution is -2.35. The summed E-state index contributed by atoms with van der Waals surface area (Å²) in [5.74, 6) is 0.0318. The van der Waals surface area contributed by atoms with E-state index in [9.17, 15) is 8.42 Å². The van der Waals surface area contributed by atoms with Gasteiger partial charge in [-0.3, -0.25) is 0 Å². The second-order valence-corrected chi connectivity index (χ2v) is 7.94. The van der Waals surface area contributed by atoms with Crippen LogP contribution >= 0.6 is 0 Å². The fourth-order valence-corrected chi connectivity index (χ4v) is 3.97. The SMILES string of the molecule is CCN(Cc1ccccc1C)S(=O)(=O)CCOC1CCOCC1. The molecule has 1 aliphatic rings. The van der Waals surface area contributed by atoms with Crippen molar-refractivity contribution in [3.8, 4) is 0 Å². The highest BCUT2D eigenvalue weighted by molar-refractivity contribution is 7.89. The van der Waals surface area contributed by atoms with Gasteiger partial charge in [-0.05, 0) is 30.9 Å². The second kappa shape index (κ2) is 8.78. The van der Waals surface area contributed by atoms with Crippen LogP contribution < -0.4 is 0 Å². The molecule has 130 valence electrons. The van der Waals surface area contributed by atoms with Gasteiger partial charge in [0.25, 0.3) is 0 Å². The minimum Gasteiger partial charge on any atom is -0.381 e. The smallest absolute Gasteiger partial charge is 0.216 e. The Labute approximate surface area is 139 Å². The lowest BCUT2D eigenvalue weighted by Gasteiger charge is -2.24. The van der Waals surface area contributed by atoms with Gasteiger partial charge < -0.3 is 9.47 Å². The van der Waals surface area contributed by atoms with Crippen LogP contribution in [0.2, 0.25) is 0 Å². The van der Waals surface area contributed by atoms with Crippen LogP contribution in [0.15, 0.2) is 24.3 Å². The summed E-state index contributed by atoms with van der Waals surface area (Å²) in [4.78, 5) is 0. The number of hydrogen-bond acceptors (Lipinski definition) is 4. The van der Waals surface area contributed by atoms with E-state index in [4.69, 9.17) is 9.47 Å². The third kappa shape index (κ3) is 5.57. The molecule has 0 unspecified atom stereocenters. The van der Waals surface area contributed by atoms with E-state index in [1.807, 2.05) is 38.1 Å². The molecular formula is C17H27NO4S. The molecule has 23 heavy (non-hydrogen) atoms. The Morgan fingerprint density at radius 3 is 2.61 bits per heavy atom. The molecular weight excluding hydrogens is 314 g/mol. The van der Waals surface area contributed by atoms with E-state index in [0.29, 0.717) is 26.3 Å². The zero-order valence-electron chi connectivity index (χ0n) is 14.0. The van der Waals surface area contributed by atoms with Gasteiger partial charge in [0.1, 0.15) is 0 Å². The average Bonchev–Trinajstić information content (AvgIpc) is 2.54. The van der Waals surface area contributed by atoms with Crippen molar-refractivity contribution in [1.82, 2.24) is 4.31 Å². The first-order valence-corrected chi connectivity index (χ1v) is 9.85. The van der Waals surface area contributed by atoms with Crippen LogP contribution in [0, 0.1) is 6.92 Å². The van der Waals surface area contributed by atoms with Crippen LogP contribution in [0.4, 0.5) is 0 Å². The molecule has 0 radical (unpaired) electrons. The molecule has 1 aromatic carbocycles. The molecule has 0 aromatic heterocycles. The fraction of sp³-hybridized carbons (Fsp3) is 0.647. The first kappa shape index (κ1) is 18.4. The molecule has 0 saturated carbocycles. The van der Waals surface area contributed by atoms with Crippen molar-refractivity contribution < 1.29 is 17.9 Å². The van der Waals surface area contributed by atoms with Crippen molar-refractivity contribution in [3.63, 3.8) is 0 Å². The number of benzene rings is 1. The molecule has 2 rings (SSSR count). The summed E-state index contributed by atoms with van der Waals surface area (Å²) in [5.41, 5.74) is 2.16. The van der Waals surface area contributed by atoms with Gasteiger partial charge >= 0.3 is 0 Å². The average molecular weight is 341 g/mol. The zero-order chi connectivity index (χ0) is 16.7. The monoisotopic (exact) mass is 341 g/mol. The lowest BCUT2D eigenvalue weighted by atomic mass is 10.1. The van der Waals surface area contributed by atoms with E-state index in [1.54, 1.807) is 0 Å². The van der Waals surface area contributed by atoms with Gasteiger partial charge in [0.2, 0.25) is 10.0 Å².